The number of nitrogens with zero attached hydrogens (tertiary/aromatic N) is 2. The van der Waals surface area contributed by atoms with Crippen molar-refractivity contribution in [3.8, 4) is 5.75 Å². The largest absolute Gasteiger partial charge is 0.507 e. The van der Waals surface area contributed by atoms with Gasteiger partial charge in [0.25, 0.3) is 5.78 Å². The van der Waals surface area contributed by atoms with Gasteiger partial charge in [-0.25, -0.2) is 4.98 Å². The lowest BCUT2D eigenvalue weighted by molar-refractivity contribution is -0.132. The molecule has 1 fully saturated rings. The van der Waals surface area contributed by atoms with E-state index in [1.807, 2.05) is 63.2 Å². The summed E-state index contributed by atoms with van der Waals surface area (Å²) in [5, 5.41) is 12.0. The molecule has 6 nitrogen and oxygen atoms in total. The molecule has 39 heavy (non-hydrogen) atoms. The second kappa shape index (κ2) is 9.35. The zero-order valence-electron chi connectivity index (χ0n) is 22.6. The highest BCUT2D eigenvalue weighted by Crippen LogP contribution is 2.45. The van der Waals surface area contributed by atoms with E-state index in [4.69, 9.17) is 9.72 Å². The Labute approximate surface area is 231 Å². The minimum Gasteiger partial charge on any atom is -0.507 e. The summed E-state index contributed by atoms with van der Waals surface area (Å²) in [5.74, 6) is -0.495. The van der Waals surface area contributed by atoms with Gasteiger partial charge >= 0.3 is 5.91 Å². The van der Waals surface area contributed by atoms with E-state index in [2.05, 4.69) is 19.9 Å². The van der Waals surface area contributed by atoms with Gasteiger partial charge < -0.3 is 9.84 Å². The van der Waals surface area contributed by atoms with Gasteiger partial charge in [-0.1, -0.05) is 55.5 Å². The third kappa shape index (κ3) is 4.21. The van der Waals surface area contributed by atoms with E-state index < -0.39 is 17.7 Å². The predicted octanol–water partition coefficient (Wildman–Crippen LogP) is 6.99. The number of Topliss-reactive ketones (excluding diaryl/α,β-unsaturated/α-hetero) is 1. The standard InChI is InChI=1S/C32H30N2O4S/c1-16(2)20-6-8-21(9-7-20)28-26(29(35)22-10-11-24-23(15-22)14-19(5)38-24)30(36)31(37)34(28)32-33-27-18(4)12-17(3)13-25(27)39-32/h6-13,15-16,19,28,35H,14H2,1-5H3/b29-26+/t19-,28-/m1/s1. The first-order chi connectivity index (χ1) is 18.6. The fourth-order valence-corrected chi connectivity index (χ4v) is 6.76. The molecule has 0 bridgehead atoms. The molecular formula is C32H30N2O4S. The molecule has 7 heteroatoms. The van der Waals surface area contributed by atoms with Gasteiger partial charge in [-0.2, -0.15) is 0 Å². The molecule has 0 aliphatic carbocycles. The van der Waals surface area contributed by atoms with Crippen molar-refractivity contribution in [1.29, 1.82) is 0 Å². The lowest BCUT2D eigenvalue weighted by Gasteiger charge is -2.23. The Morgan fingerprint density at radius 3 is 2.54 bits per heavy atom. The first-order valence-corrected chi connectivity index (χ1v) is 14.0. The number of ketones is 1. The van der Waals surface area contributed by atoms with Crippen molar-refractivity contribution in [3.63, 3.8) is 0 Å². The maximum absolute atomic E-state index is 13.6. The number of amides is 1. The predicted molar refractivity (Wildman–Crippen MR) is 155 cm³/mol. The van der Waals surface area contributed by atoms with Crippen molar-refractivity contribution in [2.45, 2.75) is 59.1 Å². The van der Waals surface area contributed by atoms with Crippen LogP contribution < -0.4 is 9.64 Å². The van der Waals surface area contributed by atoms with Crippen LogP contribution in [0.1, 0.15) is 66.1 Å². The van der Waals surface area contributed by atoms with Crippen LogP contribution >= 0.6 is 11.3 Å². The molecule has 1 saturated heterocycles. The molecule has 198 valence electrons. The highest BCUT2D eigenvalue weighted by Gasteiger charge is 2.48. The number of aliphatic hydroxyl groups is 1. The minimum atomic E-state index is -0.809. The molecule has 1 aromatic heterocycles. The van der Waals surface area contributed by atoms with Crippen LogP contribution in [0.2, 0.25) is 0 Å². The smallest absolute Gasteiger partial charge is 0.301 e. The summed E-state index contributed by atoms with van der Waals surface area (Å²) >= 11 is 1.38. The first-order valence-electron chi connectivity index (χ1n) is 13.2. The summed E-state index contributed by atoms with van der Waals surface area (Å²) in [6.45, 7) is 10.2. The fourth-order valence-electron chi connectivity index (χ4n) is 5.60. The Bertz CT molecular complexity index is 1680. The lowest BCUT2D eigenvalue weighted by atomic mass is 9.93. The topological polar surface area (TPSA) is 79.7 Å². The number of hydrogen-bond donors (Lipinski definition) is 1. The van der Waals surface area contributed by atoms with E-state index in [0.717, 1.165) is 50.2 Å². The Balaban J connectivity index is 1.54. The molecule has 6 rings (SSSR count). The van der Waals surface area contributed by atoms with E-state index in [1.165, 1.54) is 16.2 Å². The molecule has 3 heterocycles. The van der Waals surface area contributed by atoms with E-state index in [9.17, 15) is 14.7 Å². The molecule has 2 aliphatic heterocycles. The molecule has 2 aliphatic rings. The number of anilines is 1. The second-order valence-electron chi connectivity index (χ2n) is 10.9. The first kappa shape index (κ1) is 25.3. The number of thiazole rings is 1. The Morgan fingerprint density at radius 2 is 1.82 bits per heavy atom. The Morgan fingerprint density at radius 1 is 1.08 bits per heavy atom. The summed E-state index contributed by atoms with van der Waals surface area (Å²) < 4.78 is 6.76. The number of rotatable bonds is 4. The average molecular weight is 539 g/mol. The third-order valence-electron chi connectivity index (χ3n) is 7.56. The number of aliphatic hydroxyl groups excluding tert-OH is 1. The minimum absolute atomic E-state index is 0.0496. The van der Waals surface area contributed by atoms with Crippen LogP contribution in [-0.4, -0.2) is 27.9 Å². The number of aryl methyl sites for hydroxylation is 2. The van der Waals surface area contributed by atoms with Gasteiger partial charge in [0, 0.05) is 12.0 Å². The van der Waals surface area contributed by atoms with Crippen molar-refractivity contribution in [3.05, 3.63) is 93.6 Å². The Kier molecular flexibility index (Phi) is 6.07. The molecule has 0 unspecified atom stereocenters. The zero-order chi connectivity index (χ0) is 27.6. The zero-order valence-corrected chi connectivity index (χ0v) is 23.4. The van der Waals surface area contributed by atoms with Crippen LogP contribution in [0.3, 0.4) is 0 Å². The maximum Gasteiger partial charge on any atom is 0.301 e. The molecule has 0 spiro atoms. The number of benzene rings is 3. The maximum atomic E-state index is 13.6. The van der Waals surface area contributed by atoms with Crippen LogP contribution in [0.5, 0.6) is 5.75 Å². The molecule has 4 aromatic rings. The number of fused-ring (bicyclic) bond motifs is 2. The highest BCUT2D eigenvalue weighted by molar-refractivity contribution is 7.22. The highest BCUT2D eigenvalue weighted by atomic mass is 32.1. The summed E-state index contributed by atoms with van der Waals surface area (Å²) in [7, 11) is 0. The number of hydrogen-bond acceptors (Lipinski definition) is 6. The Hall–Kier alpha value is -3.97. The molecule has 1 amide bonds. The van der Waals surface area contributed by atoms with E-state index in [-0.39, 0.29) is 17.4 Å². The average Bonchev–Trinajstić information content (AvgIpc) is 3.56. The van der Waals surface area contributed by atoms with E-state index in [1.54, 1.807) is 6.07 Å². The summed E-state index contributed by atoms with van der Waals surface area (Å²) in [6.07, 6.45) is 0.767. The number of aromatic nitrogens is 1. The van der Waals surface area contributed by atoms with Gasteiger partial charge in [0.15, 0.2) is 5.13 Å². The molecule has 3 aromatic carbocycles. The van der Waals surface area contributed by atoms with Crippen molar-refractivity contribution in [2.75, 3.05) is 4.90 Å². The second-order valence-corrected chi connectivity index (χ2v) is 11.9. The number of carbonyl (C=O) groups is 2. The van der Waals surface area contributed by atoms with Crippen molar-refractivity contribution in [1.82, 2.24) is 4.98 Å². The van der Waals surface area contributed by atoms with Crippen LogP contribution in [0.15, 0.2) is 60.2 Å². The monoisotopic (exact) mass is 538 g/mol. The number of carbonyl (C=O) groups excluding carboxylic acids is 2. The summed E-state index contributed by atoms with van der Waals surface area (Å²) in [5.41, 5.74) is 6.34. The normalized spacial score (nSPS) is 20.2. The van der Waals surface area contributed by atoms with Gasteiger partial charge in [0.05, 0.1) is 21.8 Å². The van der Waals surface area contributed by atoms with Crippen LogP contribution in [0.25, 0.3) is 16.0 Å². The summed E-state index contributed by atoms with van der Waals surface area (Å²) in [6, 6.07) is 16.6. The third-order valence-corrected chi connectivity index (χ3v) is 8.56. The molecule has 0 radical (unpaired) electrons. The van der Waals surface area contributed by atoms with Gasteiger partial charge in [0.1, 0.15) is 17.6 Å². The van der Waals surface area contributed by atoms with Gasteiger partial charge in [0.2, 0.25) is 0 Å². The van der Waals surface area contributed by atoms with Crippen LogP contribution in [-0.2, 0) is 16.0 Å². The quantitative estimate of drug-likeness (QED) is 0.172. The van der Waals surface area contributed by atoms with E-state index >= 15 is 0 Å². The molecule has 1 N–H and O–H groups in total. The van der Waals surface area contributed by atoms with Gasteiger partial charge in [-0.05, 0) is 78.8 Å². The lowest BCUT2D eigenvalue weighted by Crippen LogP contribution is -2.29. The van der Waals surface area contributed by atoms with E-state index in [0.29, 0.717) is 16.6 Å². The van der Waals surface area contributed by atoms with Crippen LogP contribution in [0.4, 0.5) is 5.13 Å². The van der Waals surface area contributed by atoms with Crippen molar-refractivity contribution < 1.29 is 19.4 Å². The molecular weight excluding hydrogens is 508 g/mol. The fraction of sp³-hybridized carbons (Fsp3) is 0.281. The number of ether oxygens (including phenoxy) is 1. The van der Waals surface area contributed by atoms with Crippen molar-refractivity contribution >= 4 is 44.1 Å². The molecule has 0 saturated carbocycles. The SMILES string of the molecule is Cc1cc(C)c2nc(N3C(=O)C(=O)/C(=C(/O)c4ccc5c(c4)C[C@@H](C)O5)[C@H]3c3ccc(C(C)C)cc3)sc2c1. The molecule has 2 atom stereocenters. The summed E-state index contributed by atoms with van der Waals surface area (Å²) in [4.78, 5) is 33.5. The van der Waals surface area contributed by atoms with Gasteiger partial charge in [-0.3, -0.25) is 14.5 Å². The van der Waals surface area contributed by atoms with Gasteiger partial charge in [-0.15, -0.1) is 0 Å². The van der Waals surface area contributed by atoms with Crippen LogP contribution in [0, 0.1) is 13.8 Å². The van der Waals surface area contributed by atoms with Crippen molar-refractivity contribution in [2.24, 2.45) is 0 Å².